The van der Waals surface area contributed by atoms with Gasteiger partial charge < -0.3 is 5.73 Å². The molecule has 0 amide bonds. The fourth-order valence-corrected chi connectivity index (χ4v) is 3.35. The van der Waals surface area contributed by atoms with E-state index in [4.69, 9.17) is 5.73 Å². The quantitative estimate of drug-likeness (QED) is 0.589. The summed E-state index contributed by atoms with van der Waals surface area (Å²) in [6, 6.07) is 0.513. The molecule has 12 heavy (non-hydrogen) atoms. The van der Waals surface area contributed by atoms with Crippen LogP contribution in [0.4, 0.5) is 0 Å². The zero-order chi connectivity index (χ0) is 8.72. The smallest absolute Gasteiger partial charge is 0.00417 e. The van der Waals surface area contributed by atoms with Crippen LogP contribution in [0.1, 0.15) is 39.5 Å². The Kier molecular flexibility index (Phi) is 2.16. The minimum atomic E-state index is 0.513. The van der Waals surface area contributed by atoms with Gasteiger partial charge in [-0.25, -0.2) is 0 Å². The van der Waals surface area contributed by atoms with E-state index in [9.17, 15) is 0 Å². The lowest BCUT2D eigenvalue weighted by atomic mass is 9.76. The molecule has 0 aliphatic heterocycles. The van der Waals surface area contributed by atoms with E-state index in [0.29, 0.717) is 6.04 Å². The van der Waals surface area contributed by atoms with E-state index in [1.807, 2.05) is 0 Å². The van der Waals surface area contributed by atoms with Crippen LogP contribution in [0.3, 0.4) is 0 Å². The van der Waals surface area contributed by atoms with Crippen LogP contribution in [0.15, 0.2) is 0 Å². The Balaban J connectivity index is 2.05. The SMILES string of the molecule is CC1CC2CCC(N)CC2C1C. The molecule has 0 saturated heterocycles. The van der Waals surface area contributed by atoms with E-state index in [2.05, 4.69) is 13.8 Å². The van der Waals surface area contributed by atoms with Gasteiger partial charge in [-0.15, -0.1) is 0 Å². The zero-order valence-electron chi connectivity index (χ0n) is 8.29. The van der Waals surface area contributed by atoms with Crippen LogP contribution >= 0.6 is 0 Å². The maximum Gasteiger partial charge on any atom is 0.00417 e. The third-order valence-electron chi connectivity index (χ3n) is 4.34. The molecule has 2 aliphatic carbocycles. The summed E-state index contributed by atoms with van der Waals surface area (Å²) in [5.74, 6) is 3.87. The summed E-state index contributed by atoms with van der Waals surface area (Å²) in [6.07, 6.45) is 5.45. The Bertz CT molecular complexity index is 166. The van der Waals surface area contributed by atoms with Crippen LogP contribution in [-0.2, 0) is 0 Å². The van der Waals surface area contributed by atoms with Gasteiger partial charge in [-0.05, 0) is 49.4 Å². The molecule has 70 valence electrons. The van der Waals surface area contributed by atoms with Crippen LogP contribution in [-0.4, -0.2) is 6.04 Å². The number of rotatable bonds is 0. The molecule has 2 saturated carbocycles. The highest BCUT2D eigenvalue weighted by Gasteiger charge is 2.40. The van der Waals surface area contributed by atoms with Crippen molar-refractivity contribution in [1.29, 1.82) is 0 Å². The average molecular weight is 167 g/mol. The minimum absolute atomic E-state index is 0.513. The molecule has 0 radical (unpaired) electrons. The number of fused-ring (bicyclic) bond motifs is 1. The van der Waals surface area contributed by atoms with E-state index < -0.39 is 0 Å². The maximum absolute atomic E-state index is 6.00. The van der Waals surface area contributed by atoms with E-state index in [1.54, 1.807) is 0 Å². The van der Waals surface area contributed by atoms with E-state index in [-0.39, 0.29) is 0 Å². The Hall–Kier alpha value is -0.0400. The summed E-state index contributed by atoms with van der Waals surface area (Å²) in [4.78, 5) is 0. The second-order valence-corrected chi connectivity index (χ2v) is 5.07. The second-order valence-electron chi connectivity index (χ2n) is 5.07. The van der Waals surface area contributed by atoms with Gasteiger partial charge in [-0.3, -0.25) is 0 Å². The Labute approximate surface area is 75.7 Å². The van der Waals surface area contributed by atoms with Crippen molar-refractivity contribution in [2.75, 3.05) is 0 Å². The van der Waals surface area contributed by atoms with Crippen molar-refractivity contribution >= 4 is 0 Å². The van der Waals surface area contributed by atoms with E-state index in [1.165, 1.54) is 25.7 Å². The first-order valence-electron chi connectivity index (χ1n) is 5.44. The fraction of sp³-hybridized carbons (Fsp3) is 1.00. The van der Waals surface area contributed by atoms with Gasteiger partial charge in [0.1, 0.15) is 0 Å². The lowest BCUT2D eigenvalue weighted by Gasteiger charge is -2.31. The second kappa shape index (κ2) is 3.02. The van der Waals surface area contributed by atoms with Gasteiger partial charge >= 0.3 is 0 Å². The molecule has 0 bridgehead atoms. The third-order valence-corrected chi connectivity index (χ3v) is 4.34. The molecule has 2 fully saturated rings. The van der Waals surface area contributed by atoms with Gasteiger partial charge in [0.15, 0.2) is 0 Å². The summed E-state index contributed by atoms with van der Waals surface area (Å²) < 4.78 is 0. The molecule has 2 rings (SSSR count). The molecule has 2 aliphatic rings. The lowest BCUT2D eigenvalue weighted by molar-refractivity contribution is 0.212. The van der Waals surface area contributed by atoms with Gasteiger partial charge in [0.25, 0.3) is 0 Å². The van der Waals surface area contributed by atoms with Crippen molar-refractivity contribution in [3.63, 3.8) is 0 Å². The van der Waals surface area contributed by atoms with Crippen molar-refractivity contribution in [3.05, 3.63) is 0 Å². The van der Waals surface area contributed by atoms with E-state index >= 15 is 0 Å². The van der Waals surface area contributed by atoms with Crippen molar-refractivity contribution in [2.24, 2.45) is 29.4 Å². The molecule has 5 atom stereocenters. The monoisotopic (exact) mass is 167 g/mol. The van der Waals surface area contributed by atoms with Gasteiger partial charge in [-0.1, -0.05) is 13.8 Å². The summed E-state index contributed by atoms with van der Waals surface area (Å²) >= 11 is 0. The highest BCUT2D eigenvalue weighted by atomic mass is 14.7. The largest absolute Gasteiger partial charge is 0.328 e. The summed E-state index contributed by atoms with van der Waals surface area (Å²) in [6.45, 7) is 4.84. The standard InChI is InChI=1S/C11H21N/c1-7-5-9-3-4-10(12)6-11(9)8(7)2/h7-11H,3-6,12H2,1-2H3. The maximum atomic E-state index is 6.00. The Morgan fingerprint density at radius 2 is 1.83 bits per heavy atom. The summed E-state index contributed by atoms with van der Waals surface area (Å²) in [7, 11) is 0. The zero-order valence-corrected chi connectivity index (χ0v) is 8.29. The van der Waals surface area contributed by atoms with E-state index in [0.717, 1.165) is 23.7 Å². The predicted molar refractivity (Wildman–Crippen MR) is 51.8 cm³/mol. The summed E-state index contributed by atoms with van der Waals surface area (Å²) in [5, 5.41) is 0. The van der Waals surface area contributed by atoms with Gasteiger partial charge in [0.05, 0.1) is 0 Å². The molecule has 0 aromatic heterocycles. The van der Waals surface area contributed by atoms with Crippen molar-refractivity contribution < 1.29 is 0 Å². The van der Waals surface area contributed by atoms with Crippen LogP contribution < -0.4 is 5.73 Å². The normalized spacial score (nSPS) is 53.8. The first-order chi connectivity index (χ1) is 5.68. The van der Waals surface area contributed by atoms with Crippen LogP contribution in [0.2, 0.25) is 0 Å². The molecule has 0 heterocycles. The first-order valence-corrected chi connectivity index (χ1v) is 5.44. The molecule has 0 aromatic rings. The van der Waals surface area contributed by atoms with Crippen LogP contribution in [0, 0.1) is 23.7 Å². The van der Waals surface area contributed by atoms with Crippen molar-refractivity contribution in [3.8, 4) is 0 Å². The highest BCUT2D eigenvalue weighted by Crippen LogP contribution is 2.48. The molecular weight excluding hydrogens is 146 g/mol. The molecule has 2 N–H and O–H groups in total. The number of hydrogen-bond acceptors (Lipinski definition) is 1. The molecule has 0 aromatic carbocycles. The highest BCUT2D eigenvalue weighted by molar-refractivity contribution is 4.92. The molecular formula is C11H21N. The molecule has 1 heteroatoms. The molecule has 5 unspecified atom stereocenters. The predicted octanol–water partition coefficient (Wildman–Crippen LogP) is 2.41. The van der Waals surface area contributed by atoms with Crippen LogP contribution in [0.25, 0.3) is 0 Å². The third kappa shape index (κ3) is 1.28. The topological polar surface area (TPSA) is 26.0 Å². The lowest BCUT2D eigenvalue weighted by Crippen LogP contribution is -2.32. The molecule has 1 nitrogen and oxygen atoms in total. The van der Waals surface area contributed by atoms with Gasteiger partial charge in [0.2, 0.25) is 0 Å². The van der Waals surface area contributed by atoms with Crippen molar-refractivity contribution in [2.45, 2.75) is 45.6 Å². The van der Waals surface area contributed by atoms with Gasteiger partial charge in [-0.2, -0.15) is 0 Å². The minimum Gasteiger partial charge on any atom is -0.328 e. The Morgan fingerprint density at radius 3 is 2.58 bits per heavy atom. The molecule has 0 spiro atoms. The summed E-state index contributed by atoms with van der Waals surface area (Å²) in [5.41, 5.74) is 6.00. The van der Waals surface area contributed by atoms with Gasteiger partial charge in [0, 0.05) is 6.04 Å². The number of hydrogen-bond donors (Lipinski definition) is 1. The van der Waals surface area contributed by atoms with Crippen molar-refractivity contribution in [1.82, 2.24) is 0 Å². The average Bonchev–Trinajstić information content (AvgIpc) is 2.31. The first kappa shape index (κ1) is 8.55. The fourth-order valence-electron chi connectivity index (χ4n) is 3.35. The number of nitrogens with two attached hydrogens (primary N) is 1. The van der Waals surface area contributed by atoms with Crippen LogP contribution in [0.5, 0.6) is 0 Å². The Morgan fingerprint density at radius 1 is 1.08 bits per heavy atom.